The van der Waals surface area contributed by atoms with Crippen LogP contribution in [0.2, 0.25) is 0 Å². The second-order valence-electron chi connectivity index (χ2n) is 12.5. The number of benzene rings is 8. The molecule has 2 aromatic heterocycles. The van der Waals surface area contributed by atoms with E-state index in [-0.39, 0.29) is 0 Å². The van der Waals surface area contributed by atoms with Gasteiger partial charge in [-0.2, -0.15) is 0 Å². The van der Waals surface area contributed by atoms with Gasteiger partial charge in [0.05, 0.1) is 0 Å². The molecule has 10 aromatic rings. The zero-order valence-corrected chi connectivity index (χ0v) is 27.3. The molecular weight excluding hydrogens is 615 g/mol. The van der Waals surface area contributed by atoms with Crippen LogP contribution in [0.5, 0.6) is 0 Å². The van der Waals surface area contributed by atoms with Gasteiger partial charge in [-0.15, -0.1) is 11.3 Å². The molecular formula is C46H29NOS. The maximum atomic E-state index is 6.30. The van der Waals surface area contributed by atoms with E-state index < -0.39 is 0 Å². The molecule has 3 heteroatoms. The van der Waals surface area contributed by atoms with E-state index in [4.69, 9.17) is 4.42 Å². The molecule has 0 aliphatic carbocycles. The lowest BCUT2D eigenvalue weighted by Gasteiger charge is -2.27. The Morgan fingerprint density at radius 3 is 1.96 bits per heavy atom. The number of nitrogens with zero attached hydrogens (tertiary/aromatic N) is 1. The number of para-hydroxylation sites is 1. The van der Waals surface area contributed by atoms with Crippen molar-refractivity contribution < 1.29 is 4.42 Å². The van der Waals surface area contributed by atoms with Crippen molar-refractivity contribution in [3.05, 3.63) is 176 Å². The third-order valence-electron chi connectivity index (χ3n) is 9.65. The lowest BCUT2D eigenvalue weighted by molar-refractivity contribution is 0.669. The molecule has 0 aliphatic rings. The molecule has 0 saturated heterocycles. The molecule has 10 rings (SSSR count). The van der Waals surface area contributed by atoms with Crippen LogP contribution in [0.25, 0.3) is 75.1 Å². The van der Waals surface area contributed by atoms with Gasteiger partial charge in [-0.05, 0) is 93.7 Å². The molecule has 230 valence electrons. The summed E-state index contributed by atoms with van der Waals surface area (Å²) in [6.07, 6.45) is 0. The van der Waals surface area contributed by atoms with E-state index in [9.17, 15) is 0 Å². The van der Waals surface area contributed by atoms with Crippen molar-refractivity contribution in [3.8, 4) is 22.3 Å². The van der Waals surface area contributed by atoms with Crippen molar-refractivity contribution in [2.75, 3.05) is 4.90 Å². The second kappa shape index (κ2) is 11.2. The van der Waals surface area contributed by atoms with Gasteiger partial charge in [0.2, 0.25) is 0 Å². The van der Waals surface area contributed by atoms with Crippen LogP contribution < -0.4 is 4.90 Å². The van der Waals surface area contributed by atoms with Crippen molar-refractivity contribution in [2.24, 2.45) is 0 Å². The lowest BCUT2D eigenvalue weighted by Crippen LogP contribution is -2.10. The Morgan fingerprint density at radius 1 is 0.388 bits per heavy atom. The van der Waals surface area contributed by atoms with E-state index in [0.29, 0.717) is 0 Å². The van der Waals surface area contributed by atoms with Crippen molar-refractivity contribution in [1.29, 1.82) is 0 Å². The molecule has 0 N–H and O–H groups in total. The van der Waals surface area contributed by atoms with Crippen molar-refractivity contribution in [1.82, 2.24) is 0 Å². The van der Waals surface area contributed by atoms with Gasteiger partial charge in [-0.25, -0.2) is 0 Å². The maximum absolute atomic E-state index is 6.30. The molecule has 0 amide bonds. The van der Waals surface area contributed by atoms with Crippen LogP contribution in [0.3, 0.4) is 0 Å². The third kappa shape index (κ3) is 4.62. The zero-order valence-electron chi connectivity index (χ0n) is 26.5. The van der Waals surface area contributed by atoms with Gasteiger partial charge < -0.3 is 9.32 Å². The molecule has 0 unspecified atom stereocenters. The van der Waals surface area contributed by atoms with Gasteiger partial charge in [0, 0.05) is 48.0 Å². The number of fused-ring (bicyclic) bond motifs is 8. The Labute approximate surface area is 287 Å². The maximum Gasteiger partial charge on any atom is 0.136 e. The highest BCUT2D eigenvalue weighted by Gasteiger charge is 2.18. The normalized spacial score (nSPS) is 11.7. The van der Waals surface area contributed by atoms with E-state index in [1.807, 2.05) is 23.5 Å². The Balaban J connectivity index is 1.18. The highest BCUT2D eigenvalue weighted by molar-refractivity contribution is 7.25. The minimum Gasteiger partial charge on any atom is -0.456 e. The van der Waals surface area contributed by atoms with Gasteiger partial charge in [0.15, 0.2) is 0 Å². The summed E-state index contributed by atoms with van der Waals surface area (Å²) in [6, 6.07) is 63.3. The highest BCUT2D eigenvalue weighted by Crippen LogP contribution is 2.44. The zero-order chi connectivity index (χ0) is 32.3. The SMILES string of the molecule is c1ccc(-c2ccc(N(c3cccc(-c4cccc5sc6ccccc6c45)c3)c3ccc4ccc5oc6ccccc6c5c4c3)cc2)cc1. The number of hydrogen-bond acceptors (Lipinski definition) is 3. The predicted molar refractivity (Wildman–Crippen MR) is 210 cm³/mol. The van der Waals surface area contributed by atoms with Crippen molar-refractivity contribution in [3.63, 3.8) is 0 Å². The van der Waals surface area contributed by atoms with Gasteiger partial charge >= 0.3 is 0 Å². The first-order valence-electron chi connectivity index (χ1n) is 16.6. The third-order valence-corrected chi connectivity index (χ3v) is 10.8. The minimum absolute atomic E-state index is 0.905. The Bertz CT molecular complexity index is 2830. The summed E-state index contributed by atoms with van der Waals surface area (Å²) < 4.78 is 8.92. The molecule has 0 aliphatic heterocycles. The van der Waals surface area contributed by atoms with Gasteiger partial charge in [-0.1, -0.05) is 115 Å². The molecule has 8 aromatic carbocycles. The Hall–Kier alpha value is -6.16. The summed E-state index contributed by atoms with van der Waals surface area (Å²) in [4.78, 5) is 2.38. The van der Waals surface area contributed by atoms with Crippen LogP contribution in [0.1, 0.15) is 0 Å². The van der Waals surface area contributed by atoms with E-state index in [0.717, 1.165) is 39.0 Å². The molecule has 0 spiro atoms. The fourth-order valence-corrected chi connectivity index (χ4v) is 8.51. The van der Waals surface area contributed by atoms with Gasteiger partial charge in [0.25, 0.3) is 0 Å². The average Bonchev–Trinajstić information content (AvgIpc) is 3.75. The van der Waals surface area contributed by atoms with Crippen molar-refractivity contribution >= 4 is 81.3 Å². The average molecular weight is 644 g/mol. The predicted octanol–water partition coefficient (Wildman–Crippen LogP) is 13.9. The van der Waals surface area contributed by atoms with E-state index >= 15 is 0 Å². The number of rotatable bonds is 5. The van der Waals surface area contributed by atoms with Crippen LogP contribution in [-0.2, 0) is 0 Å². The van der Waals surface area contributed by atoms with Gasteiger partial charge in [0.1, 0.15) is 11.2 Å². The monoisotopic (exact) mass is 643 g/mol. The molecule has 0 atom stereocenters. The Morgan fingerprint density at radius 2 is 1.06 bits per heavy atom. The van der Waals surface area contributed by atoms with Crippen LogP contribution in [0, 0.1) is 0 Å². The fourth-order valence-electron chi connectivity index (χ4n) is 7.38. The summed E-state index contributed by atoms with van der Waals surface area (Å²) >= 11 is 1.86. The number of hydrogen-bond donors (Lipinski definition) is 0. The fraction of sp³-hybridized carbons (Fsp3) is 0. The molecule has 2 nitrogen and oxygen atoms in total. The lowest BCUT2D eigenvalue weighted by atomic mass is 9.98. The van der Waals surface area contributed by atoms with Crippen LogP contribution in [0.4, 0.5) is 17.1 Å². The summed E-state index contributed by atoms with van der Waals surface area (Å²) in [6.45, 7) is 0. The van der Waals surface area contributed by atoms with E-state index in [2.05, 4.69) is 169 Å². The quantitative estimate of drug-likeness (QED) is 0.186. The molecule has 0 bridgehead atoms. The smallest absolute Gasteiger partial charge is 0.136 e. The largest absolute Gasteiger partial charge is 0.456 e. The summed E-state index contributed by atoms with van der Waals surface area (Å²) in [5.74, 6) is 0. The van der Waals surface area contributed by atoms with Crippen LogP contribution in [-0.4, -0.2) is 0 Å². The topological polar surface area (TPSA) is 16.4 Å². The molecule has 0 saturated carbocycles. The van der Waals surface area contributed by atoms with Gasteiger partial charge in [-0.3, -0.25) is 0 Å². The number of anilines is 3. The first kappa shape index (κ1) is 27.9. The molecule has 0 fully saturated rings. The summed E-state index contributed by atoms with van der Waals surface area (Å²) in [7, 11) is 0. The molecule has 49 heavy (non-hydrogen) atoms. The number of furan rings is 1. The highest BCUT2D eigenvalue weighted by atomic mass is 32.1. The van der Waals surface area contributed by atoms with E-state index in [1.54, 1.807) is 0 Å². The molecule has 0 radical (unpaired) electrons. The summed E-state index contributed by atoms with van der Waals surface area (Å²) in [5.41, 5.74) is 9.95. The summed E-state index contributed by atoms with van der Waals surface area (Å²) in [5, 5.41) is 7.28. The van der Waals surface area contributed by atoms with E-state index in [1.165, 1.54) is 53.2 Å². The standard InChI is InChI=1S/C46H29NOS/c1-2-10-30(11-3-1)31-20-24-34(25-21-31)47(36-26-22-32-23-27-42-45(40(32)29-36)38-14-4-6-17-41(38)48-42)35-13-8-12-33(28-35)37-16-9-19-44-46(37)39-15-5-7-18-43(39)49-44/h1-29H. The minimum atomic E-state index is 0.905. The van der Waals surface area contributed by atoms with Crippen LogP contribution in [0.15, 0.2) is 180 Å². The molecule has 2 heterocycles. The first-order chi connectivity index (χ1) is 24.3. The van der Waals surface area contributed by atoms with Crippen LogP contribution >= 0.6 is 11.3 Å². The Kier molecular flexibility index (Phi) is 6.39. The second-order valence-corrected chi connectivity index (χ2v) is 13.6. The van der Waals surface area contributed by atoms with Crippen molar-refractivity contribution in [2.45, 2.75) is 0 Å². The number of thiophene rings is 1. The first-order valence-corrected chi connectivity index (χ1v) is 17.4.